The van der Waals surface area contributed by atoms with Crippen molar-refractivity contribution >= 4 is 5.97 Å². The number of aliphatic hydroxyl groups is 1. The molecule has 0 radical (unpaired) electrons. The van der Waals surface area contributed by atoms with Crippen LogP contribution in [0.4, 0.5) is 4.39 Å². The van der Waals surface area contributed by atoms with Gasteiger partial charge < -0.3 is 14.6 Å². The Balaban J connectivity index is 1.46. The van der Waals surface area contributed by atoms with Gasteiger partial charge in [0, 0.05) is 0 Å². The van der Waals surface area contributed by atoms with Crippen LogP contribution in [-0.2, 0) is 16.1 Å². The summed E-state index contributed by atoms with van der Waals surface area (Å²) in [5, 5.41) is 10.7. The normalized spacial score (nSPS) is 36.6. The van der Waals surface area contributed by atoms with Gasteiger partial charge in [0.15, 0.2) is 11.6 Å². The first-order valence-electron chi connectivity index (χ1n) is 8.63. The van der Waals surface area contributed by atoms with Crippen molar-refractivity contribution in [2.24, 2.45) is 17.3 Å². The summed E-state index contributed by atoms with van der Waals surface area (Å²) < 4.78 is 24.2. The second-order valence-corrected chi connectivity index (χ2v) is 8.01. The van der Waals surface area contributed by atoms with Crippen molar-refractivity contribution in [2.45, 2.75) is 50.7 Å². The van der Waals surface area contributed by atoms with Gasteiger partial charge in [0.1, 0.15) is 6.61 Å². The van der Waals surface area contributed by atoms with Gasteiger partial charge in [-0.1, -0.05) is 6.07 Å². The molecule has 0 aromatic heterocycles. The summed E-state index contributed by atoms with van der Waals surface area (Å²) in [5.41, 5.74) is -0.621. The highest BCUT2D eigenvalue weighted by Crippen LogP contribution is 2.62. The average molecular weight is 334 g/mol. The van der Waals surface area contributed by atoms with Crippen LogP contribution in [0, 0.1) is 23.1 Å². The number of ether oxygens (including phenoxy) is 2. The molecule has 0 unspecified atom stereocenters. The second kappa shape index (κ2) is 5.45. The van der Waals surface area contributed by atoms with E-state index < -0.39 is 16.8 Å². The lowest BCUT2D eigenvalue weighted by Crippen LogP contribution is -2.58. The molecule has 2 atom stereocenters. The Labute approximate surface area is 141 Å². The first-order valence-corrected chi connectivity index (χ1v) is 8.63. The van der Waals surface area contributed by atoms with E-state index in [-0.39, 0.29) is 18.3 Å². The number of carbonyl (C=O) groups is 1. The van der Waals surface area contributed by atoms with Crippen LogP contribution in [0.15, 0.2) is 18.2 Å². The Kier molecular flexibility index (Phi) is 3.60. The minimum absolute atomic E-state index is 0.0509. The van der Waals surface area contributed by atoms with Crippen LogP contribution in [0.3, 0.4) is 0 Å². The molecule has 0 saturated heterocycles. The van der Waals surface area contributed by atoms with Crippen molar-refractivity contribution in [3.8, 4) is 5.75 Å². The predicted molar refractivity (Wildman–Crippen MR) is 84.8 cm³/mol. The lowest BCUT2D eigenvalue weighted by atomic mass is 9.48. The zero-order valence-electron chi connectivity index (χ0n) is 13.9. The Bertz CT molecular complexity index is 657. The van der Waals surface area contributed by atoms with Crippen LogP contribution < -0.4 is 4.74 Å². The predicted octanol–water partition coefficient (Wildman–Crippen LogP) is 3.21. The Morgan fingerprint density at radius 2 is 2.00 bits per heavy atom. The molecule has 0 aliphatic heterocycles. The van der Waals surface area contributed by atoms with Gasteiger partial charge in [-0.15, -0.1) is 0 Å². The fraction of sp³-hybridized carbons (Fsp3) is 0.632. The standard InChI is InChI=1S/C19H23FO4/c1-23-16-3-2-12(5-15(16)20)10-24-17(21)18-6-13-4-14(7-18)9-19(22,8-13)11-18/h2-3,5,13-14,22H,4,6-11H2,1H3/t13-,14-,18?,19?/m1/s1. The van der Waals surface area contributed by atoms with Crippen molar-refractivity contribution in [3.63, 3.8) is 0 Å². The quantitative estimate of drug-likeness (QED) is 0.859. The lowest BCUT2D eigenvalue weighted by Gasteiger charge is -2.58. The summed E-state index contributed by atoms with van der Waals surface area (Å²) in [6, 6.07) is 4.56. The maximum Gasteiger partial charge on any atom is 0.312 e. The fourth-order valence-corrected chi connectivity index (χ4v) is 5.55. The summed E-state index contributed by atoms with van der Waals surface area (Å²) in [6.45, 7) is 0.0509. The molecule has 4 nitrogen and oxygen atoms in total. The molecule has 4 fully saturated rings. The fourth-order valence-electron chi connectivity index (χ4n) is 5.55. The third kappa shape index (κ3) is 2.59. The van der Waals surface area contributed by atoms with E-state index in [0.29, 0.717) is 23.8 Å². The van der Waals surface area contributed by atoms with Crippen LogP contribution >= 0.6 is 0 Å². The van der Waals surface area contributed by atoms with E-state index in [0.717, 1.165) is 32.1 Å². The highest BCUT2D eigenvalue weighted by atomic mass is 19.1. The van der Waals surface area contributed by atoms with E-state index in [1.165, 1.54) is 19.2 Å². The van der Waals surface area contributed by atoms with E-state index in [1.54, 1.807) is 6.07 Å². The third-order valence-corrected chi connectivity index (χ3v) is 6.05. The smallest absolute Gasteiger partial charge is 0.312 e. The van der Waals surface area contributed by atoms with Crippen molar-refractivity contribution in [3.05, 3.63) is 29.6 Å². The first kappa shape index (κ1) is 15.9. The molecule has 130 valence electrons. The molecular weight excluding hydrogens is 311 g/mol. The van der Waals surface area contributed by atoms with E-state index in [2.05, 4.69) is 0 Å². The number of esters is 1. The number of rotatable bonds is 4. The molecule has 0 spiro atoms. The molecule has 4 aliphatic rings. The van der Waals surface area contributed by atoms with Crippen LogP contribution in [0.2, 0.25) is 0 Å². The first-order chi connectivity index (χ1) is 11.4. The molecule has 4 saturated carbocycles. The van der Waals surface area contributed by atoms with Gasteiger partial charge in [-0.05, 0) is 68.1 Å². The minimum Gasteiger partial charge on any atom is -0.494 e. The monoisotopic (exact) mass is 334 g/mol. The van der Waals surface area contributed by atoms with Gasteiger partial charge >= 0.3 is 5.97 Å². The molecule has 0 heterocycles. The summed E-state index contributed by atoms with van der Waals surface area (Å²) in [6.07, 6.45) is 4.93. The molecule has 1 aromatic rings. The SMILES string of the molecule is COc1ccc(COC(=O)C23C[C@H]4C[C@@H](CC(O)(C4)C2)C3)cc1F. The topological polar surface area (TPSA) is 55.8 Å². The van der Waals surface area contributed by atoms with E-state index in [4.69, 9.17) is 9.47 Å². The van der Waals surface area contributed by atoms with Crippen molar-refractivity contribution in [1.82, 2.24) is 0 Å². The van der Waals surface area contributed by atoms with Crippen LogP contribution in [0.1, 0.15) is 44.1 Å². The maximum absolute atomic E-state index is 13.7. The van der Waals surface area contributed by atoms with Gasteiger partial charge in [-0.3, -0.25) is 4.79 Å². The highest BCUT2D eigenvalue weighted by Gasteiger charge is 2.60. The second-order valence-electron chi connectivity index (χ2n) is 8.01. The van der Waals surface area contributed by atoms with Crippen molar-refractivity contribution < 1.29 is 23.8 Å². The van der Waals surface area contributed by atoms with Crippen LogP contribution in [-0.4, -0.2) is 23.8 Å². The molecule has 1 aromatic carbocycles. The highest BCUT2D eigenvalue weighted by molar-refractivity contribution is 5.77. The number of hydrogen-bond acceptors (Lipinski definition) is 4. The Morgan fingerprint density at radius 1 is 1.29 bits per heavy atom. The zero-order valence-corrected chi connectivity index (χ0v) is 13.9. The average Bonchev–Trinajstić information content (AvgIpc) is 2.50. The minimum atomic E-state index is -0.685. The summed E-state index contributed by atoms with van der Waals surface area (Å²) in [4.78, 5) is 12.8. The number of methoxy groups -OCH3 is 1. The Hall–Kier alpha value is -1.62. The molecule has 4 bridgehead atoms. The maximum atomic E-state index is 13.7. The van der Waals surface area contributed by atoms with Crippen LogP contribution in [0.5, 0.6) is 5.75 Å². The largest absolute Gasteiger partial charge is 0.494 e. The number of benzene rings is 1. The van der Waals surface area contributed by atoms with Gasteiger partial charge in [-0.25, -0.2) is 4.39 Å². The van der Waals surface area contributed by atoms with E-state index in [9.17, 15) is 14.3 Å². The molecule has 4 aliphatic carbocycles. The summed E-state index contributed by atoms with van der Waals surface area (Å²) >= 11 is 0. The lowest BCUT2D eigenvalue weighted by molar-refractivity contribution is -0.197. The summed E-state index contributed by atoms with van der Waals surface area (Å²) in [7, 11) is 1.41. The van der Waals surface area contributed by atoms with Crippen molar-refractivity contribution in [2.75, 3.05) is 7.11 Å². The Morgan fingerprint density at radius 3 is 2.58 bits per heavy atom. The number of halogens is 1. The molecule has 1 N–H and O–H groups in total. The summed E-state index contributed by atoms with van der Waals surface area (Å²) in [5.74, 6) is 0.347. The number of hydrogen-bond donors (Lipinski definition) is 1. The number of carbonyl (C=O) groups excluding carboxylic acids is 1. The van der Waals surface area contributed by atoms with Gasteiger partial charge in [-0.2, -0.15) is 0 Å². The van der Waals surface area contributed by atoms with Gasteiger partial charge in [0.2, 0.25) is 0 Å². The van der Waals surface area contributed by atoms with E-state index >= 15 is 0 Å². The molecule has 24 heavy (non-hydrogen) atoms. The van der Waals surface area contributed by atoms with E-state index in [1.807, 2.05) is 0 Å². The zero-order chi connectivity index (χ0) is 16.9. The van der Waals surface area contributed by atoms with Gasteiger partial charge in [0.25, 0.3) is 0 Å². The van der Waals surface area contributed by atoms with Crippen LogP contribution in [0.25, 0.3) is 0 Å². The third-order valence-electron chi connectivity index (χ3n) is 6.05. The molecular formula is C19H23FO4. The molecule has 5 heteroatoms. The molecule has 0 amide bonds. The van der Waals surface area contributed by atoms with Crippen molar-refractivity contribution in [1.29, 1.82) is 0 Å². The molecule has 5 rings (SSSR count). The van der Waals surface area contributed by atoms with Gasteiger partial charge in [0.05, 0.1) is 18.1 Å².